The number of ether oxygens (including phenoxy) is 2. The van der Waals surface area contributed by atoms with Crippen molar-refractivity contribution >= 4 is 16.0 Å². The van der Waals surface area contributed by atoms with E-state index in [-0.39, 0.29) is 18.0 Å². The van der Waals surface area contributed by atoms with E-state index in [9.17, 15) is 21.6 Å². The van der Waals surface area contributed by atoms with Gasteiger partial charge in [-0.05, 0) is 24.6 Å². The van der Waals surface area contributed by atoms with Crippen LogP contribution in [0.5, 0.6) is 11.6 Å². The van der Waals surface area contributed by atoms with Crippen LogP contribution in [0, 0.1) is 17.5 Å². The molecule has 14 heteroatoms. The number of rotatable bonds is 8. The van der Waals surface area contributed by atoms with Gasteiger partial charge in [0.1, 0.15) is 5.82 Å². The maximum atomic E-state index is 14.6. The van der Waals surface area contributed by atoms with E-state index in [1.165, 1.54) is 12.4 Å². The van der Waals surface area contributed by atoms with Gasteiger partial charge in [-0.15, -0.1) is 0 Å². The molecule has 1 aliphatic heterocycles. The minimum Gasteiger partial charge on any atom is -0.435 e. The molecule has 1 aromatic carbocycles. The number of nitrogens with zero attached hydrogens (tertiary/aromatic N) is 3. The van der Waals surface area contributed by atoms with Gasteiger partial charge in [-0.1, -0.05) is 0 Å². The first kappa shape index (κ1) is 25.8. The Hall–Kier alpha value is -3.33. The van der Waals surface area contributed by atoms with Crippen LogP contribution in [0.1, 0.15) is 12.0 Å². The lowest BCUT2D eigenvalue weighted by Gasteiger charge is -2.29. The predicted octanol–water partition coefficient (Wildman–Crippen LogP) is 2.33. The number of nitrogens with one attached hydrogen (secondary N) is 2. The van der Waals surface area contributed by atoms with E-state index in [4.69, 9.17) is 14.6 Å². The molecule has 3 heterocycles. The molecule has 2 aromatic heterocycles. The highest BCUT2D eigenvalue weighted by molar-refractivity contribution is 7.88. The molecule has 2 atom stereocenters. The standard InChI is InChI=1S/C22H23F3N6O4S/c1-34-13-7-12(9-27-10-13)30-22-29-6-4-17(31-22)14-3-2-5-28-21(14)35-18-8-16(23)15(11-36(26,32)33)19(24)20(18)25/h2-6,8,12-13,27H,7,9-11H2,1H3,(H2,26,32,33)(H,29,30,31). The third-order valence-corrected chi connectivity index (χ3v) is 6.14. The molecular formula is C22H23F3N6O4S. The van der Waals surface area contributed by atoms with E-state index in [1.54, 1.807) is 25.3 Å². The van der Waals surface area contributed by atoms with E-state index in [0.29, 0.717) is 29.8 Å². The Balaban J connectivity index is 1.61. The number of halogens is 3. The van der Waals surface area contributed by atoms with Crippen LogP contribution in [0.2, 0.25) is 0 Å². The lowest BCUT2D eigenvalue weighted by molar-refractivity contribution is 0.0770. The average Bonchev–Trinajstić information content (AvgIpc) is 2.85. The monoisotopic (exact) mass is 524 g/mol. The largest absolute Gasteiger partial charge is 0.435 e. The molecule has 0 saturated carbocycles. The first-order valence-corrected chi connectivity index (χ1v) is 12.5. The fraction of sp³-hybridized carbons (Fsp3) is 0.318. The van der Waals surface area contributed by atoms with E-state index < -0.39 is 44.5 Å². The molecule has 36 heavy (non-hydrogen) atoms. The summed E-state index contributed by atoms with van der Waals surface area (Å²) in [6.07, 6.45) is 3.64. The maximum absolute atomic E-state index is 14.6. The fourth-order valence-corrected chi connectivity index (χ4v) is 4.41. The summed E-state index contributed by atoms with van der Waals surface area (Å²) in [4.78, 5) is 12.7. The van der Waals surface area contributed by atoms with Crippen LogP contribution >= 0.6 is 0 Å². The number of hydrogen-bond donors (Lipinski definition) is 3. The minimum atomic E-state index is -4.30. The number of nitrogens with two attached hydrogens (primary N) is 1. The second-order valence-electron chi connectivity index (χ2n) is 8.09. The number of primary sulfonamides is 1. The van der Waals surface area contributed by atoms with Crippen molar-refractivity contribution in [3.63, 3.8) is 0 Å². The van der Waals surface area contributed by atoms with Crippen molar-refractivity contribution in [2.75, 3.05) is 25.5 Å². The molecule has 0 aliphatic carbocycles. The Labute approximate surface area is 205 Å². The quantitative estimate of drug-likeness (QED) is 0.379. The molecule has 4 rings (SSSR count). The topological polar surface area (TPSA) is 141 Å². The third kappa shape index (κ3) is 6.07. The number of pyridine rings is 1. The summed E-state index contributed by atoms with van der Waals surface area (Å²) in [6, 6.07) is 5.28. The molecule has 0 bridgehead atoms. The summed E-state index contributed by atoms with van der Waals surface area (Å²) in [7, 11) is -2.66. The molecule has 1 aliphatic rings. The Morgan fingerprint density at radius 3 is 2.72 bits per heavy atom. The molecule has 192 valence electrons. The molecule has 0 radical (unpaired) electrons. The van der Waals surface area contributed by atoms with Crippen LogP contribution in [0.3, 0.4) is 0 Å². The van der Waals surface area contributed by atoms with Crippen LogP contribution in [0.4, 0.5) is 19.1 Å². The normalized spacial score (nSPS) is 18.1. The Morgan fingerprint density at radius 1 is 1.17 bits per heavy atom. The van der Waals surface area contributed by atoms with Gasteiger partial charge in [0.15, 0.2) is 11.6 Å². The van der Waals surface area contributed by atoms with Crippen molar-refractivity contribution in [1.29, 1.82) is 0 Å². The summed E-state index contributed by atoms with van der Waals surface area (Å²) in [5.41, 5.74) is -0.369. The van der Waals surface area contributed by atoms with E-state index in [2.05, 4.69) is 25.6 Å². The zero-order chi connectivity index (χ0) is 25.9. The summed E-state index contributed by atoms with van der Waals surface area (Å²) in [5.74, 6) is -6.54. The fourth-order valence-electron chi connectivity index (χ4n) is 3.74. The number of piperidine rings is 1. The average molecular weight is 525 g/mol. The number of hydrogen-bond acceptors (Lipinski definition) is 9. The molecule has 0 amide bonds. The van der Waals surface area contributed by atoms with Crippen LogP contribution < -0.4 is 20.5 Å². The van der Waals surface area contributed by atoms with Crippen molar-refractivity contribution in [1.82, 2.24) is 20.3 Å². The summed E-state index contributed by atoms with van der Waals surface area (Å²) in [6.45, 7) is 1.43. The predicted molar refractivity (Wildman–Crippen MR) is 124 cm³/mol. The number of anilines is 1. The number of aromatic nitrogens is 3. The van der Waals surface area contributed by atoms with Crippen molar-refractivity contribution in [2.24, 2.45) is 5.14 Å². The van der Waals surface area contributed by atoms with Gasteiger partial charge in [0.05, 0.1) is 23.1 Å². The van der Waals surface area contributed by atoms with Gasteiger partial charge in [-0.2, -0.15) is 4.39 Å². The lowest BCUT2D eigenvalue weighted by Crippen LogP contribution is -2.46. The highest BCUT2D eigenvalue weighted by Crippen LogP contribution is 2.34. The summed E-state index contributed by atoms with van der Waals surface area (Å²) >= 11 is 0. The van der Waals surface area contributed by atoms with E-state index in [1.807, 2.05) is 0 Å². The van der Waals surface area contributed by atoms with E-state index >= 15 is 0 Å². The first-order valence-electron chi connectivity index (χ1n) is 10.8. The number of benzene rings is 1. The second kappa shape index (κ2) is 10.7. The molecule has 1 fully saturated rings. The van der Waals surface area contributed by atoms with Crippen molar-refractivity contribution in [2.45, 2.75) is 24.3 Å². The van der Waals surface area contributed by atoms with Gasteiger partial charge in [0.25, 0.3) is 0 Å². The highest BCUT2D eigenvalue weighted by Gasteiger charge is 2.25. The Kier molecular flexibility index (Phi) is 7.68. The minimum absolute atomic E-state index is 0.0134. The first-order chi connectivity index (χ1) is 17.1. The molecule has 0 spiro atoms. The van der Waals surface area contributed by atoms with Gasteiger partial charge in [0.2, 0.25) is 27.7 Å². The highest BCUT2D eigenvalue weighted by atomic mass is 32.2. The van der Waals surface area contributed by atoms with Crippen molar-refractivity contribution in [3.05, 3.63) is 59.7 Å². The molecule has 10 nitrogen and oxygen atoms in total. The van der Waals surface area contributed by atoms with Crippen LogP contribution in [0.15, 0.2) is 36.7 Å². The van der Waals surface area contributed by atoms with Crippen LogP contribution in [0.25, 0.3) is 11.3 Å². The smallest absolute Gasteiger partial charge is 0.228 e. The SMILES string of the molecule is COC1CNCC(Nc2nccc(-c3cccnc3Oc3cc(F)c(CS(N)(=O)=O)c(F)c3F)n2)C1. The number of sulfonamides is 1. The van der Waals surface area contributed by atoms with Crippen LogP contribution in [-0.4, -0.2) is 55.7 Å². The summed E-state index contributed by atoms with van der Waals surface area (Å²) < 4.78 is 76.7. The van der Waals surface area contributed by atoms with Gasteiger partial charge < -0.3 is 20.1 Å². The zero-order valence-corrected chi connectivity index (χ0v) is 19.9. The number of methoxy groups -OCH3 is 1. The molecule has 3 aromatic rings. The van der Waals surface area contributed by atoms with Gasteiger partial charge in [0, 0.05) is 50.3 Å². The lowest BCUT2D eigenvalue weighted by atomic mass is 10.1. The zero-order valence-electron chi connectivity index (χ0n) is 19.0. The van der Waals surface area contributed by atoms with Crippen LogP contribution in [-0.2, 0) is 20.5 Å². The molecule has 1 saturated heterocycles. The molecule has 2 unspecified atom stereocenters. The summed E-state index contributed by atoms with van der Waals surface area (Å²) in [5, 5.41) is 11.3. The van der Waals surface area contributed by atoms with Crippen molar-refractivity contribution in [3.8, 4) is 22.9 Å². The molecule has 4 N–H and O–H groups in total. The van der Waals surface area contributed by atoms with E-state index in [0.717, 1.165) is 13.0 Å². The van der Waals surface area contributed by atoms with Gasteiger partial charge in [-0.25, -0.2) is 37.3 Å². The molecular weight excluding hydrogens is 501 g/mol. The third-order valence-electron chi connectivity index (χ3n) is 5.45. The van der Waals surface area contributed by atoms with Gasteiger partial charge >= 0.3 is 0 Å². The van der Waals surface area contributed by atoms with Gasteiger partial charge in [-0.3, -0.25) is 0 Å². The maximum Gasteiger partial charge on any atom is 0.228 e. The Morgan fingerprint density at radius 2 is 1.97 bits per heavy atom. The Bertz CT molecular complexity index is 1360. The second-order valence-corrected chi connectivity index (χ2v) is 9.70. The van der Waals surface area contributed by atoms with Crippen molar-refractivity contribution < 1.29 is 31.1 Å².